The van der Waals surface area contributed by atoms with E-state index in [4.69, 9.17) is 9.47 Å². The maximum atomic E-state index is 10.9. The normalized spacial score (nSPS) is 37.0. The third-order valence-electron chi connectivity index (χ3n) is 5.16. The number of phenols is 1. The van der Waals surface area contributed by atoms with Gasteiger partial charge in [-0.25, -0.2) is 0 Å². The molecule has 0 radical (unpaired) electrons. The molecule has 23 heavy (non-hydrogen) atoms. The number of aromatic hydroxyl groups is 1. The molecule has 5 nitrogen and oxygen atoms in total. The van der Waals surface area contributed by atoms with E-state index in [-0.39, 0.29) is 17.8 Å². The number of methoxy groups -OCH3 is 1. The second-order valence-electron chi connectivity index (χ2n) is 6.82. The summed E-state index contributed by atoms with van der Waals surface area (Å²) in [5.74, 6) is 0.303. The van der Waals surface area contributed by atoms with E-state index in [1.807, 2.05) is 13.0 Å². The van der Waals surface area contributed by atoms with Crippen LogP contribution < -0.4 is 4.74 Å². The fraction of sp³-hybridized carbons (Fsp3) is 0.556. The second kappa shape index (κ2) is 5.82. The van der Waals surface area contributed by atoms with E-state index < -0.39 is 17.8 Å². The number of rotatable bonds is 2. The van der Waals surface area contributed by atoms with Gasteiger partial charge in [0, 0.05) is 12.3 Å². The van der Waals surface area contributed by atoms with Gasteiger partial charge >= 0.3 is 0 Å². The van der Waals surface area contributed by atoms with Gasteiger partial charge in [-0.1, -0.05) is 12.1 Å². The summed E-state index contributed by atoms with van der Waals surface area (Å²) in [6, 6.07) is 5.03. The number of benzene rings is 1. The quantitative estimate of drug-likeness (QED) is 0.729. The molecule has 3 N–H and O–H groups in total. The zero-order chi connectivity index (χ0) is 16.8. The van der Waals surface area contributed by atoms with E-state index in [1.165, 1.54) is 7.11 Å². The molecule has 1 saturated heterocycles. The molecule has 1 aromatic rings. The van der Waals surface area contributed by atoms with Crippen LogP contribution in [-0.2, 0) is 4.74 Å². The maximum Gasteiger partial charge on any atom is 0.160 e. The average Bonchev–Trinajstić information content (AvgIpc) is 2.51. The van der Waals surface area contributed by atoms with Crippen LogP contribution in [0.5, 0.6) is 11.5 Å². The van der Waals surface area contributed by atoms with Crippen LogP contribution in [-0.4, -0.2) is 40.2 Å². The second-order valence-corrected chi connectivity index (χ2v) is 6.82. The number of fused-ring (bicyclic) bond motifs is 1. The molecule has 0 amide bonds. The lowest BCUT2D eigenvalue weighted by atomic mass is 9.70. The highest BCUT2D eigenvalue weighted by Crippen LogP contribution is 2.47. The Hall–Kier alpha value is -1.56. The summed E-state index contributed by atoms with van der Waals surface area (Å²) in [5.41, 5.74) is 0.764. The molecule has 0 saturated carbocycles. The first-order valence-electron chi connectivity index (χ1n) is 7.93. The minimum Gasteiger partial charge on any atom is -0.504 e. The van der Waals surface area contributed by atoms with Crippen molar-refractivity contribution in [2.24, 2.45) is 5.92 Å². The van der Waals surface area contributed by atoms with Gasteiger partial charge in [0.25, 0.3) is 0 Å². The number of hydrogen-bond acceptors (Lipinski definition) is 5. The minimum absolute atomic E-state index is 0.0631. The van der Waals surface area contributed by atoms with Gasteiger partial charge in [0.15, 0.2) is 11.5 Å². The van der Waals surface area contributed by atoms with Crippen molar-refractivity contribution in [1.29, 1.82) is 0 Å². The van der Waals surface area contributed by atoms with Crippen LogP contribution in [0.25, 0.3) is 0 Å². The van der Waals surface area contributed by atoms with E-state index in [0.717, 1.165) is 11.1 Å². The summed E-state index contributed by atoms with van der Waals surface area (Å²) < 4.78 is 11.3. The molecular formula is C18H24O5. The lowest BCUT2D eigenvalue weighted by Crippen LogP contribution is -2.55. The summed E-state index contributed by atoms with van der Waals surface area (Å²) >= 11 is 0. The standard InChI is InChI=1S/C18H24O5/c1-10-4-6-12-17(16(10)20)23-15(9-18(12,2)21)11-5-7-13(19)14(8-11)22-3/h4-5,7-8,12,15-17,19-21H,6,9H2,1-3H3/t12-,15-,16-,17+,18+/m0/s1. The highest BCUT2D eigenvalue weighted by molar-refractivity contribution is 5.42. The number of hydrogen-bond donors (Lipinski definition) is 3. The van der Waals surface area contributed by atoms with E-state index in [9.17, 15) is 15.3 Å². The van der Waals surface area contributed by atoms with Gasteiger partial charge in [0.2, 0.25) is 0 Å². The third kappa shape index (κ3) is 2.84. The van der Waals surface area contributed by atoms with Crippen LogP contribution in [0, 0.1) is 5.92 Å². The van der Waals surface area contributed by atoms with Crippen molar-refractivity contribution in [3.05, 3.63) is 35.4 Å². The van der Waals surface area contributed by atoms with Crippen molar-refractivity contribution >= 4 is 0 Å². The molecule has 5 atom stereocenters. The van der Waals surface area contributed by atoms with Crippen LogP contribution in [0.2, 0.25) is 0 Å². The van der Waals surface area contributed by atoms with Crippen LogP contribution in [0.4, 0.5) is 0 Å². The molecule has 126 valence electrons. The van der Waals surface area contributed by atoms with E-state index >= 15 is 0 Å². The Labute approximate surface area is 136 Å². The number of aliphatic hydroxyl groups is 2. The molecular weight excluding hydrogens is 296 g/mol. The van der Waals surface area contributed by atoms with E-state index in [0.29, 0.717) is 18.6 Å². The zero-order valence-electron chi connectivity index (χ0n) is 13.7. The topological polar surface area (TPSA) is 79.2 Å². The Morgan fingerprint density at radius 3 is 2.78 bits per heavy atom. The van der Waals surface area contributed by atoms with Gasteiger partial charge in [-0.3, -0.25) is 0 Å². The van der Waals surface area contributed by atoms with E-state index in [1.54, 1.807) is 25.1 Å². The predicted molar refractivity (Wildman–Crippen MR) is 85.4 cm³/mol. The molecule has 5 heteroatoms. The van der Waals surface area contributed by atoms with Crippen LogP contribution in [0.3, 0.4) is 0 Å². The van der Waals surface area contributed by atoms with Crippen molar-refractivity contribution in [2.45, 2.75) is 50.6 Å². The number of allylic oxidation sites excluding steroid dienone is 1. The number of phenolic OH excluding ortho intramolecular Hbond substituents is 1. The Kier molecular flexibility index (Phi) is 4.12. The van der Waals surface area contributed by atoms with Crippen molar-refractivity contribution in [3.63, 3.8) is 0 Å². The predicted octanol–water partition coefficient (Wildman–Crippen LogP) is 2.31. The Morgan fingerprint density at radius 2 is 2.09 bits per heavy atom. The lowest BCUT2D eigenvalue weighted by molar-refractivity contribution is -0.206. The van der Waals surface area contributed by atoms with Crippen LogP contribution in [0.15, 0.2) is 29.8 Å². The average molecular weight is 320 g/mol. The Balaban J connectivity index is 1.92. The first-order valence-corrected chi connectivity index (χ1v) is 7.93. The van der Waals surface area contributed by atoms with Gasteiger partial charge in [0.1, 0.15) is 6.10 Å². The van der Waals surface area contributed by atoms with Gasteiger partial charge in [-0.05, 0) is 43.5 Å². The molecule has 1 aromatic carbocycles. The number of ether oxygens (including phenoxy) is 2. The van der Waals surface area contributed by atoms with Gasteiger partial charge in [0.05, 0.1) is 24.9 Å². The molecule has 0 aromatic heterocycles. The summed E-state index contributed by atoms with van der Waals surface area (Å²) in [6.07, 6.45) is 1.61. The van der Waals surface area contributed by atoms with Gasteiger partial charge in [-0.15, -0.1) is 0 Å². The van der Waals surface area contributed by atoms with Crippen LogP contribution >= 0.6 is 0 Å². The van der Waals surface area contributed by atoms with E-state index in [2.05, 4.69) is 0 Å². The monoisotopic (exact) mass is 320 g/mol. The van der Waals surface area contributed by atoms with Crippen molar-refractivity contribution in [2.75, 3.05) is 7.11 Å². The molecule has 0 unspecified atom stereocenters. The zero-order valence-corrected chi connectivity index (χ0v) is 13.7. The largest absolute Gasteiger partial charge is 0.504 e. The number of aliphatic hydroxyl groups excluding tert-OH is 1. The van der Waals surface area contributed by atoms with Crippen LogP contribution in [0.1, 0.15) is 38.4 Å². The molecule has 1 heterocycles. The fourth-order valence-corrected chi connectivity index (χ4v) is 3.68. The lowest BCUT2D eigenvalue weighted by Gasteiger charge is -2.49. The molecule has 1 fully saturated rings. The van der Waals surface area contributed by atoms with Crippen molar-refractivity contribution < 1.29 is 24.8 Å². The smallest absolute Gasteiger partial charge is 0.160 e. The summed E-state index contributed by atoms with van der Waals surface area (Å²) in [4.78, 5) is 0. The molecule has 0 spiro atoms. The van der Waals surface area contributed by atoms with Crippen molar-refractivity contribution in [1.82, 2.24) is 0 Å². The Morgan fingerprint density at radius 1 is 1.35 bits per heavy atom. The third-order valence-corrected chi connectivity index (χ3v) is 5.16. The summed E-state index contributed by atoms with van der Waals surface area (Å²) in [5, 5.41) is 31.1. The molecule has 2 aliphatic rings. The Bertz CT molecular complexity index is 622. The van der Waals surface area contributed by atoms with Gasteiger partial charge < -0.3 is 24.8 Å². The molecule has 1 aliphatic heterocycles. The summed E-state index contributed by atoms with van der Waals surface area (Å²) in [6.45, 7) is 3.69. The first-order chi connectivity index (χ1) is 10.8. The molecule has 0 bridgehead atoms. The fourth-order valence-electron chi connectivity index (χ4n) is 3.68. The SMILES string of the molecule is COc1cc([C@@H]2C[C@@](C)(O)[C@H]3CC=C(C)[C@H](O)[C@@H]3O2)ccc1O. The molecule has 1 aliphatic carbocycles. The highest BCUT2D eigenvalue weighted by Gasteiger charge is 2.49. The molecule has 3 rings (SSSR count). The maximum absolute atomic E-state index is 10.9. The van der Waals surface area contributed by atoms with Gasteiger partial charge in [-0.2, -0.15) is 0 Å². The highest BCUT2D eigenvalue weighted by atomic mass is 16.5. The minimum atomic E-state index is -0.934. The summed E-state index contributed by atoms with van der Waals surface area (Å²) in [7, 11) is 1.49. The van der Waals surface area contributed by atoms with Crippen molar-refractivity contribution in [3.8, 4) is 11.5 Å². The first kappa shape index (κ1) is 16.3.